The number of nitrogens with one attached hydrogen (secondary N) is 3. The summed E-state index contributed by atoms with van der Waals surface area (Å²) >= 11 is 1.58. The summed E-state index contributed by atoms with van der Waals surface area (Å²) in [6.07, 6.45) is 0. The van der Waals surface area contributed by atoms with Crippen molar-refractivity contribution in [2.45, 2.75) is 10.9 Å². The van der Waals surface area contributed by atoms with Gasteiger partial charge in [-0.1, -0.05) is 36.0 Å². The van der Waals surface area contributed by atoms with Crippen LogP contribution in [-0.2, 0) is 5.75 Å². The number of nitrogens with zero attached hydrogens (tertiary/aromatic N) is 1. The smallest absolute Gasteiger partial charge is 0.269 e. The number of hydrogen-bond donors (Lipinski definition) is 3. The maximum absolute atomic E-state index is 12.6. The van der Waals surface area contributed by atoms with E-state index in [0.29, 0.717) is 41.8 Å². The third-order valence-electron chi connectivity index (χ3n) is 5.34. The average molecular weight is 491 g/mol. The van der Waals surface area contributed by atoms with Crippen LogP contribution in [0.4, 0.5) is 0 Å². The molecule has 35 heavy (non-hydrogen) atoms. The molecule has 10 heteroatoms. The molecule has 4 aromatic rings. The number of hydrogen-bond acceptors (Lipinski definition) is 7. The van der Waals surface area contributed by atoms with E-state index in [2.05, 4.69) is 20.8 Å². The molecule has 0 aliphatic carbocycles. The van der Waals surface area contributed by atoms with E-state index < -0.39 is 11.8 Å². The lowest BCUT2D eigenvalue weighted by atomic mass is 10.1. The molecule has 0 unspecified atom stereocenters. The number of thioether (sulfide) groups is 1. The molecular weight excluding hydrogens is 468 g/mol. The Morgan fingerprint density at radius 1 is 1.00 bits per heavy atom. The number of aromatic amines is 1. The standard InChI is InChI=1S/C25H22N4O5S/c1-32-20-12-17(13-21-22(20)34-11-10-33-21)24(31)29-28-23(30)16-8-6-15(7-9-16)14-35-25-26-18-4-2-3-5-19(18)27-25/h2-9,12-13H,10-11,14H2,1H3,(H,26,27)(H,28,30)(H,29,31). The van der Waals surface area contributed by atoms with E-state index in [1.807, 2.05) is 36.4 Å². The fourth-order valence-electron chi connectivity index (χ4n) is 3.56. The van der Waals surface area contributed by atoms with Gasteiger partial charge in [-0.3, -0.25) is 20.4 Å². The molecule has 0 saturated heterocycles. The van der Waals surface area contributed by atoms with Crippen molar-refractivity contribution in [1.29, 1.82) is 0 Å². The molecule has 2 amide bonds. The Morgan fingerprint density at radius 3 is 2.51 bits per heavy atom. The molecular formula is C25H22N4O5S. The maximum atomic E-state index is 12.6. The van der Waals surface area contributed by atoms with Crippen molar-refractivity contribution in [2.24, 2.45) is 0 Å². The van der Waals surface area contributed by atoms with E-state index in [0.717, 1.165) is 21.8 Å². The minimum atomic E-state index is -0.507. The Kier molecular flexibility index (Phi) is 6.44. The quantitative estimate of drug-likeness (QED) is 0.279. The van der Waals surface area contributed by atoms with Crippen molar-refractivity contribution in [3.63, 3.8) is 0 Å². The number of amides is 2. The van der Waals surface area contributed by atoms with Gasteiger partial charge in [0.2, 0.25) is 5.75 Å². The molecule has 178 valence electrons. The molecule has 0 radical (unpaired) electrons. The number of aromatic nitrogens is 2. The number of methoxy groups -OCH3 is 1. The molecule has 0 saturated carbocycles. The van der Waals surface area contributed by atoms with Crippen LogP contribution >= 0.6 is 11.8 Å². The molecule has 9 nitrogen and oxygen atoms in total. The van der Waals surface area contributed by atoms with Gasteiger partial charge in [0, 0.05) is 16.9 Å². The van der Waals surface area contributed by atoms with Crippen molar-refractivity contribution in [3.05, 3.63) is 77.4 Å². The van der Waals surface area contributed by atoms with E-state index >= 15 is 0 Å². The van der Waals surface area contributed by atoms with Gasteiger partial charge in [-0.25, -0.2) is 4.98 Å². The maximum Gasteiger partial charge on any atom is 0.269 e. The predicted octanol–water partition coefficient (Wildman–Crippen LogP) is 3.71. The Bertz CT molecular complexity index is 1340. The normalized spacial score (nSPS) is 12.3. The third kappa shape index (κ3) is 5.02. The highest BCUT2D eigenvalue weighted by Gasteiger charge is 2.21. The Hall–Kier alpha value is -4.18. The highest BCUT2D eigenvalue weighted by molar-refractivity contribution is 7.98. The van der Waals surface area contributed by atoms with Gasteiger partial charge >= 0.3 is 0 Å². The minimum absolute atomic E-state index is 0.268. The second-order valence-corrected chi connectivity index (χ2v) is 8.62. The predicted molar refractivity (Wildman–Crippen MR) is 131 cm³/mol. The SMILES string of the molecule is COc1cc(C(=O)NNC(=O)c2ccc(CSc3nc4ccccc4[nH]3)cc2)cc2c1OCCO2. The molecule has 0 atom stereocenters. The molecule has 2 heterocycles. The van der Waals surface area contributed by atoms with Gasteiger partial charge in [0.1, 0.15) is 13.2 Å². The van der Waals surface area contributed by atoms with E-state index in [1.54, 1.807) is 30.0 Å². The lowest BCUT2D eigenvalue weighted by molar-refractivity contribution is 0.0846. The zero-order chi connectivity index (χ0) is 24.2. The van der Waals surface area contributed by atoms with Crippen LogP contribution in [0.2, 0.25) is 0 Å². The molecule has 1 aromatic heterocycles. The molecule has 3 aromatic carbocycles. The first-order chi connectivity index (χ1) is 17.1. The lowest BCUT2D eigenvalue weighted by Gasteiger charge is -2.21. The van der Waals surface area contributed by atoms with E-state index in [4.69, 9.17) is 14.2 Å². The Morgan fingerprint density at radius 2 is 1.74 bits per heavy atom. The monoisotopic (exact) mass is 490 g/mol. The van der Waals surface area contributed by atoms with E-state index in [9.17, 15) is 9.59 Å². The summed E-state index contributed by atoms with van der Waals surface area (Å²) in [7, 11) is 1.48. The molecule has 0 fully saturated rings. The summed E-state index contributed by atoms with van der Waals surface area (Å²) in [6.45, 7) is 0.785. The molecule has 3 N–H and O–H groups in total. The first kappa shape index (κ1) is 22.6. The fourth-order valence-corrected chi connectivity index (χ4v) is 4.40. The summed E-state index contributed by atoms with van der Waals surface area (Å²) in [5.41, 5.74) is 8.51. The number of H-pyrrole nitrogens is 1. The van der Waals surface area contributed by atoms with E-state index in [-0.39, 0.29) is 5.56 Å². The van der Waals surface area contributed by atoms with Crippen molar-refractivity contribution in [1.82, 2.24) is 20.8 Å². The third-order valence-corrected chi connectivity index (χ3v) is 6.28. The minimum Gasteiger partial charge on any atom is -0.493 e. The van der Waals surface area contributed by atoms with Gasteiger partial charge in [0.25, 0.3) is 11.8 Å². The zero-order valence-corrected chi connectivity index (χ0v) is 19.6. The van der Waals surface area contributed by atoms with Crippen LogP contribution in [0.1, 0.15) is 26.3 Å². The molecule has 5 rings (SSSR count). The van der Waals surface area contributed by atoms with Crippen LogP contribution in [-0.4, -0.2) is 42.1 Å². The van der Waals surface area contributed by atoms with Gasteiger partial charge in [-0.15, -0.1) is 0 Å². The Balaban J connectivity index is 1.17. The molecule has 0 bridgehead atoms. The summed E-state index contributed by atoms with van der Waals surface area (Å²) in [5.74, 6) is 1.02. The number of fused-ring (bicyclic) bond motifs is 2. The van der Waals surface area contributed by atoms with Gasteiger partial charge < -0.3 is 19.2 Å². The van der Waals surface area contributed by atoms with Gasteiger partial charge in [-0.2, -0.15) is 0 Å². The summed E-state index contributed by atoms with van der Waals surface area (Å²) in [5, 5.41) is 0.839. The number of hydrazine groups is 1. The number of imidazole rings is 1. The van der Waals surface area contributed by atoms with Gasteiger partial charge in [0.15, 0.2) is 16.7 Å². The van der Waals surface area contributed by atoms with Crippen molar-refractivity contribution in [2.75, 3.05) is 20.3 Å². The second kappa shape index (κ2) is 9.98. The number of ether oxygens (including phenoxy) is 3. The molecule has 1 aliphatic rings. The average Bonchev–Trinajstić information content (AvgIpc) is 3.33. The molecule has 0 spiro atoms. The summed E-state index contributed by atoms with van der Waals surface area (Å²) in [4.78, 5) is 32.9. The Labute approximate surface area is 205 Å². The molecule has 1 aliphatic heterocycles. The number of para-hydroxylation sites is 2. The number of carbonyl (C=O) groups is 2. The van der Waals surface area contributed by atoms with Crippen LogP contribution in [0.15, 0.2) is 65.8 Å². The van der Waals surface area contributed by atoms with Crippen LogP contribution in [0.3, 0.4) is 0 Å². The van der Waals surface area contributed by atoms with Crippen molar-refractivity contribution in [3.8, 4) is 17.2 Å². The number of carbonyl (C=O) groups excluding carboxylic acids is 2. The highest BCUT2D eigenvalue weighted by Crippen LogP contribution is 2.40. The summed E-state index contributed by atoms with van der Waals surface area (Å²) < 4.78 is 16.4. The van der Waals surface area contributed by atoms with Crippen molar-refractivity contribution < 1.29 is 23.8 Å². The van der Waals surface area contributed by atoms with Crippen molar-refractivity contribution >= 4 is 34.6 Å². The largest absolute Gasteiger partial charge is 0.493 e. The highest BCUT2D eigenvalue weighted by atomic mass is 32.2. The van der Waals surface area contributed by atoms with Crippen LogP contribution < -0.4 is 25.1 Å². The lowest BCUT2D eigenvalue weighted by Crippen LogP contribution is -2.41. The second-order valence-electron chi connectivity index (χ2n) is 7.66. The van der Waals surface area contributed by atoms with Crippen LogP contribution in [0, 0.1) is 0 Å². The van der Waals surface area contributed by atoms with Crippen LogP contribution in [0.5, 0.6) is 17.2 Å². The first-order valence-corrected chi connectivity index (χ1v) is 11.8. The topological polar surface area (TPSA) is 115 Å². The van der Waals surface area contributed by atoms with Gasteiger partial charge in [0.05, 0.1) is 18.1 Å². The fraction of sp³-hybridized carbons (Fsp3) is 0.160. The summed E-state index contributed by atoms with van der Waals surface area (Å²) in [6, 6.07) is 18.1. The van der Waals surface area contributed by atoms with E-state index in [1.165, 1.54) is 13.2 Å². The first-order valence-electron chi connectivity index (χ1n) is 10.9. The van der Waals surface area contributed by atoms with Crippen LogP contribution in [0.25, 0.3) is 11.0 Å². The van der Waals surface area contributed by atoms with Gasteiger partial charge in [-0.05, 0) is 42.0 Å². The number of benzene rings is 3. The zero-order valence-electron chi connectivity index (χ0n) is 18.8. The number of rotatable bonds is 6.